The van der Waals surface area contributed by atoms with Gasteiger partial charge in [-0.1, -0.05) is 0 Å². The fourth-order valence-corrected chi connectivity index (χ4v) is 4.26. The highest BCUT2D eigenvalue weighted by atomic mass is 16.5. The highest BCUT2D eigenvalue weighted by Crippen LogP contribution is 2.31. The van der Waals surface area contributed by atoms with Gasteiger partial charge in [-0.25, -0.2) is 9.97 Å². The Morgan fingerprint density at radius 2 is 2.06 bits per heavy atom. The summed E-state index contributed by atoms with van der Waals surface area (Å²) in [6, 6.07) is 11.5. The van der Waals surface area contributed by atoms with Crippen molar-refractivity contribution in [1.29, 1.82) is 0 Å². The van der Waals surface area contributed by atoms with E-state index < -0.39 is 5.91 Å². The molecule has 0 bridgehead atoms. The highest BCUT2D eigenvalue weighted by molar-refractivity contribution is 6.03. The summed E-state index contributed by atoms with van der Waals surface area (Å²) in [5.41, 5.74) is 9.50. The van der Waals surface area contributed by atoms with Gasteiger partial charge >= 0.3 is 0 Å². The van der Waals surface area contributed by atoms with Crippen molar-refractivity contribution in [2.24, 2.45) is 5.73 Å². The Hall–Kier alpha value is -3.98. The molecule has 0 aliphatic carbocycles. The Kier molecular flexibility index (Phi) is 6.09. The number of anilines is 2. The maximum Gasteiger partial charge on any atom is 0.248 e. The molecule has 174 valence electrons. The van der Waals surface area contributed by atoms with Crippen molar-refractivity contribution in [1.82, 2.24) is 19.9 Å². The van der Waals surface area contributed by atoms with Gasteiger partial charge < -0.3 is 25.3 Å². The van der Waals surface area contributed by atoms with E-state index in [2.05, 4.69) is 26.7 Å². The van der Waals surface area contributed by atoms with Gasteiger partial charge in [-0.2, -0.15) is 0 Å². The maximum atomic E-state index is 12.0. The first-order valence-corrected chi connectivity index (χ1v) is 11.4. The number of fused-ring (bicyclic) bond motifs is 1. The van der Waals surface area contributed by atoms with E-state index in [4.69, 9.17) is 20.4 Å². The first-order chi connectivity index (χ1) is 16.6. The number of hydrogen-bond acceptors (Lipinski definition) is 7. The lowest BCUT2D eigenvalue weighted by atomic mass is 10.0. The molecule has 1 saturated heterocycles. The number of carbonyl (C=O) groups is 1. The average Bonchev–Trinajstić information content (AvgIpc) is 3.36. The molecule has 3 aromatic heterocycles. The second-order valence-electron chi connectivity index (χ2n) is 8.18. The van der Waals surface area contributed by atoms with E-state index in [0.717, 1.165) is 53.3 Å². The zero-order valence-corrected chi connectivity index (χ0v) is 19.1. The summed E-state index contributed by atoms with van der Waals surface area (Å²) >= 11 is 0. The molecule has 0 saturated carbocycles. The quantitative estimate of drug-likeness (QED) is 0.439. The van der Waals surface area contributed by atoms with E-state index in [0.29, 0.717) is 31.1 Å². The summed E-state index contributed by atoms with van der Waals surface area (Å²) in [6.45, 7) is 6.24. The largest absolute Gasteiger partial charge is 0.378 e. The Morgan fingerprint density at radius 1 is 1.21 bits per heavy atom. The number of H-pyrrole nitrogens is 1. The molecule has 0 unspecified atom stereocenters. The number of amides is 1. The number of aromatic amines is 1. The molecule has 34 heavy (non-hydrogen) atoms. The number of primary amides is 1. The Morgan fingerprint density at radius 3 is 2.79 bits per heavy atom. The molecule has 9 heteroatoms. The summed E-state index contributed by atoms with van der Waals surface area (Å²) < 4.78 is 5.54. The minimum atomic E-state index is -0.478. The Bertz CT molecular complexity index is 1300. The minimum absolute atomic E-state index is 0.434. The summed E-state index contributed by atoms with van der Waals surface area (Å²) in [4.78, 5) is 33.7. The lowest BCUT2D eigenvalue weighted by Crippen LogP contribution is -2.37. The molecule has 9 nitrogen and oxygen atoms in total. The van der Waals surface area contributed by atoms with Gasteiger partial charge in [-0.05, 0) is 37.3 Å². The Labute approximate surface area is 197 Å². The molecular weight excluding hydrogens is 430 g/mol. The normalized spacial score (nSPS) is 13.9. The summed E-state index contributed by atoms with van der Waals surface area (Å²) in [7, 11) is 0. The monoisotopic (exact) mass is 457 g/mol. The first-order valence-electron chi connectivity index (χ1n) is 11.4. The van der Waals surface area contributed by atoms with E-state index in [1.165, 1.54) is 0 Å². The number of ether oxygens (including phenoxy) is 1. The van der Waals surface area contributed by atoms with Crippen molar-refractivity contribution in [3.05, 3.63) is 66.4 Å². The molecule has 1 amide bonds. The zero-order chi connectivity index (χ0) is 23.5. The number of benzene rings is 1. The lowest BCUT2D eigenvalue weighted by Gasteiger charge is -2.29. The van der Waals surface area contributed by atoms with Gasteiger partial charge in [0.2, 0.25) is 5.91 Å². The van der Waals surface area contributed by atoms with Crippen molar-refractivity contribution in [3.63, 3.8) is 0 Å². The predicted octanol–water partition coefficient (Wildman–Crippen LogP) is 2.98. The van der Waals surface area contributed by atoms with Crippen LogP contribution in [0.25, 0.3) is 22.2 Å². The lowest BCUT2D eigenvalue weighted by molar-refractivity contribution is 0.100. The van der Waals surface area contributed by atoms with E-state index in [1.807, 2.05) is 42.7 Å². The summed E-state index contributed by atoms with van der Waals surface area (Å²) in [6.07, 6.45) is 5.46. The van der Waals surface area contributed by atoms with Crippen LogP contribution in [-0.4, -0.2) is 58.7 Å². The molecular formula is C25H27N7O2. The van der Waals surface area contributed by atoms with Gasteiger partial charge in [0.05, 0.1) is 37.3 Å². The molecule has 4 aromatic rings. The van der Waals surface area contributed by atoms with Crippen LogP contribution in [-0.2, 0) is 11.3 Å². The topological polar surface area (TPSA) is 113 Å². The van der Waals surface area contributed by atoms with Crippen molar-refractivity contribution in [2.45, 2.75) is 13.5 Å². The number of nitrogens with one attached hydrogen (secondary N) is 1. The SMILES string of the molecule is CCN(Cc1nc(-c2cc(C(N)=O)cc3[nH]ccc23)cc(N2CCOCC2)n1)c1cccnc1. The second-order valence-corrected chi connectivity index (χ2v) is 8.18. The molecule has 5 rings (SSSR count). The molecule has 1 aromatic carbocycles. The molecule has 0 radical (unpaired) electrons. The van der Waals surface area contributed by atoms with Crippen LogP contribution in [0.4, 0.5) is 11.5 Å². The van der Waals surface area contributed by atoms with Gasteiger partial charge in [0.1, 0.15) is 5.82 Å². The van der Waals surface area contributed by atoms with E-state index in [1.54, 1.807) is 12.3 Å². The molecule has 1 aliphatic rings. The molecule has 4 heterocycles. The smallest absolute Gasteiger partial charge is 0.248 e. The van der Waals surface area contributed by atoms with Crippen molar-refractivity contribution in [2.75, 3.05) is 42.6 Å². The van der Waals surface area contributed by atoms with Gasteiger partial charge in [0.15, 0.2) is 5.82 Å². The van der Waals surface area contributed by atoms with Gasteiger partial charge in [0.25, 0.3) is 0 Å². The van der Waals surface area contributed by atoms with E-state index in [-0.39, 0.29) is 0 Å². The molecule has 0 atom stereocenters. The van der Waals surface area contributed by atoms with Crippen molar-refractivity contribution < 1.29 is 9.53 Å². The van der Waals surface area contributed by atoms with Crippen LogP contribution in [0.15, 0.2) is 55.0 Å². The number of aromatic nitrogens is 4. The summed E-state index contributed by atoms with van der Waals surface area (Å²) in [5.74, 6) is 1.06. The van der Waals surface area contributed by atoms with Gasteiger partial charge in [-0.3, -0.25) is 9.78 Å². The van der Waals surface area contributed by atoms with Crippen LogP contribution in [0.5, 0.6) is 0 Å². The number of rotatable bonds is 7. The van der Waals surface area contributed by atoms with Crippen LogP contribution in [0.2, 0.25) is 0 Å². The van der Waals surface area contributed by atoms with Crippen molar-refractivity contribution >= 4 is 28.3 Å². The maximum absolute atomic E-state index is 12.0. The van der Waals surface area contributed by atoms with Gasteiger partial charge in [0, 0.05) is 60.1 Å². The molecule has 1 fully saturated rings. The van der Waals surface area contributed by atoms with Crippen molar-refractivity contribution in [3.8, 4) is 11.3 Å². The Balaban J connectivity index is 1.62. The highest BCUT2D eigenvalue weighted by Gasteiger charge is 2.19. The standard InChI is InChI=1S/C25H27N7O2/c1-2-31(18-4-3-6-27-15-18)16-23-29-22(14-24(30-23)32-8-10-34-11-9-32)20-12-17(25(26)33)13-21-19(20)5-7-28-21/h3-7,12-15,28H,2,8-11,16H2,1H3,(H2,26,33). The third-order valence-corrected chi connectivity index (χ3v) is 6.05. The summed E-state index contributed by atoms with van der Waals surface area (Å²) in [5, 5.41) is 0.974. The van der Waals surface area contributed by atoms with Crippen LogP contribution >= 0.6 is 0 Å². The fourth-order valence-electron chi connectivity index (χ4n) is 4.26. The predicted molar refractivity (Wildman–Crippen MR) is 132 cm³/mol. The first kappa shape index (κ1) is 21.8. The van der Waals surface area contributed by atoms with Gasteiger partial charge in [-0.15, -0.1) is 0 Å². The molecule has 3 N–H and O–H groups in total. The van der Waals surface area contributed by atoms with E-state index in [9.17, 15) is 4.79 Å². The molecule has 1 aliphatic heterocycles. The number of nitrogens with zero attached hydrogens (tertiary/aromatic N) is 5. The van der Waals surface area contributed by atoms with Crippen LogP contribution in [0, 0.1) is 0 Å². The van der Waals surface area contributed by atoms with E-state index >= 15 is 0 Å². The third kappa shape index (κ3) is 4.42. The minimum Gasteiger partial charge on any atom is -0.378 e. The zero-order valence-electron chi connectivity index (χ0n) is 19.1. The fraction of sp³-hybridized carbons (Fsp3) is 0.280. The number of carbonyl (C=O) groups excluding carboxylic acids is 1. The number of pyridine rings is 1. The number of morpholine rings is 1. The number of hydrogen-bond donors (Lipinski definition) is 2. The average molecular weight is 458 g/mol. The van der Waals surface area contributed by atoms with Crippen LogP contribution < -0.4 is 15.5 Å². The van der Waals surface area contributed by atoms with Crippen LogP contribution in [0.1, 0.15) is 23.1 Å². The third-order valence-electron chi connectivity index (χ3n) is 6.05. The van der Waals surface area contributed by atoms with Crippen LogP contribution in [0.3, 0.4) is 0 Å². The number of nitrogens with two attached hydrogens (primary N) is 1. The molecule has 0 spiro atoms. The second kappa shape index (κ2) is 9.48.